The van der Waals surface area contributed by atoms with Gasteiger partial charge in [-0.1, -0.05) is 49.7 Å². The van der Waals surface area contributed by atoms with Gasteiger partial charge in [0.2, 0.25) is 0 Å². The van der Waals surface area contributed by atoms with Crippen molar-refractivity contribution < 1.29 is 9.53 Å². The Balaban J connectivity index is 1.65. The maximum Gasteiger partial charge on any atom is 0.331 e. The molecule has 1 aromatic heterocycles. The van der Waals surface area contributed by atoms with Gasteiger partial charge in [0.15, 0.2) is 0 Å². The van der Waals surface area contributed by atoms with E-state index in [-0.39, 0.29) is 18.0 Å². The summed E-state index contributed by atoms with van der Waals surface area (Å²) in [6, 6.07) is 12.8. The van der Waals surface area contributed by atoms with Crippen LogP contribution in [0.3, 0.4) is 0 Å². The normalized spacial score (nSPS) is 11.4. The molecule has 0 radical (unpaired) electrons. The molecule has 1 heterocycles. The molecule has 2 aromatic carbocycles. The molecular weight excluding hydrogens is 364 g/mol. The van der Waals surface area contributed by atoms with Gasteiger partial charge in [0.25, 0.3) is 5.56 Å². The molecule has 6 heteroatoms. The highest BCUT2D eigenvalue weighted by Gasteiger charge is 2.06. The number of ether oxygens (including phenoxy) is 1. The third-order valence-corrected chi connectivity index (χ3v) is 4.32. The molecule has 3 aromatic rings. The van der Waals surface area contributed by atoms with Crippen LogP contribution in [0.25, 0.3) is 17.0 Å². The molecule has 0 saturated heterocycles. The van der Waals surface area contributed by atoms with Gasteiger partial charge in [-0.15, -0.1) is 0 Å². The summed E-state index contributed by atoms with van der Waals surface area (Å²) in [6.07, 6.45) is 3.03. The van der Waals surface area contributed by atoms with E-state index >= 15 is 0 Å². The Morgan fingerprint density at radius 1 is 1.22 bits per heavy atom. The molecule has 0 aliphatic carbocycles. The monoisotopic (exact) mass is 382 g/mol. The molecule has 0 atom stereocenters. The molecule has 0 fully saturated rings. The van der Waals surface area contributed by atoms with Crippen molar-refractivity contribution in [3.8, 4) is 0 Å². The smallest absolute Gasteiger partial charge is 0.331 e. The van der Waals surface area contributed by atoms with Crippen molar-refractivity contribution in [2.45, 2.75) is 26.4 Å². The number of rotatable bonds is 5. The summed E-state index contributed by atoms with van der Waals surface area (Å²) in [7, 11) is 0. The second-order valence-corrected chi connectivity index (χ2v) is 6.87. The average Bonchev–Trinajstić information content (AvgIpc) is 2.64. The van der Waals surface area contributed by atoms with Crippen LogP contribution >= 0.6 is 11.6 Å². The summed E-state index contributed by atoms with van der Waals surface area (Å²) in [5.41, 5.74) is 2.30. The summed E-state index contributed by atoms with van der Waals surface area (Å²) in [6.45, 7) is 4.12. The zero-order chi connectivity index (χ0) is 19.4. The number of H-pyrrole nitrogens is 1. The lowest BCUT2D eigenvalue weighted by Crippen LogP contribution is -2.13. The molecule has 0 unspecified atom stereocenters. The van der Waals surface area contributed by atoms with E-state index in [0.717, 1.165) is 5.56 Å². The SMILES string of the molecule is CC(C)c1ccc(/C=C/C(=O)OCc2nc3cc(Cl)ccc3c(=O)[nH]2)cc1. The highest BCUT2D eigenvalue weighted by Crippen LogP contribution is 2.16. The molecule has 0 aliphatic heterocycles. The molecule has 0 bridgehead atoms. The summed E-state index contributed by atoms with van der Waals surface area (Å²) >= 11 is 5.93. The lowest BCUT2D eigenvalue weighted by atomic mass is 10.0. The summed E-state index contributed by atoms with van der Waals surface area (Å²) in [5, 5.41) is 0.911. The number of halogens is 1. The van der Waals surface area contributed by atoms with Crippen molar-refractivity contribution >= 4 is 34.5 Å². The number of benzene rings is 2. The molecule has 3 rings (SSSR count). The van der Waals surface area contributed by atoms with Gasteiger partial charge in [-0.2, -0.15) is 0 Å². The number of carbonyl (C=O) groups excluding carboxylic acids is 1. The van der Waals surface area contributed by atoms with Gasteiger partial charge in [-0.3, -0.25) is 4.79 Å². The molecular formula is C21H19ClN2O3. The second kappa shape index (κ2) is 8.18. The van der Waals surface area contributed by atoms with Crippen LogP contribution in [0, 0.1) is 0 Å². The van der Waals surface area contributed by atoms with Crippen LogP contribution < -0.4 is 5.56 Å². The second-order valence-electron chi connectivity index (χ2n) is 6.44. The molecule has 0 spiro atoms. The fraction of sp³-hybridized carbons (Fsp3) is 0.190. The van der Waals surface area contributed by atoms with Crippen molar-refractivity contribution in [2.75, 3.05) is 0 Å². The summed E-state index contributed by atoms with van der Waals surface area (Å²) < 4.78 is 5.15. The molecule has 0 saturated carbocycles. The minimum Gasteiger partial charge on any atom is -0.454 e. The fourth-order valence-corrected chi connectivity index (χ4v) is 2.74. The van der Waals surface area contributed by atoms with Gasteiger partial charge in [-0.05, 0) is 41.3 Å². The number of hydrogen-bond donors (Lipinski definition) is 1. The third kappa shape index (κ3) is 4.83. The van der Waals surface area contributed by atoms with E-state index < -0.39 is 5.97 Å². The molecule has 27 heavy (non-hydrogen) atoms. The van der Waals surface area contributed by atoms with Crippen molar-refractivity contribution in [1.82, 2.24) is 9.97 Å². The van der Waals surface area contributed by atoms with Gasteiger partial charge in [-0.25, -0.2) is 9.78 Å². The van der Waals surface area contributed by atoms with Crippen molar-refractivity contribution in [3.63, 3.8) is 0 Å². The molecule has 0 aliphatic rings. The Labute approximate surface area is 161 Å². The van der Waals surface area contributed by atoms with Gasteiger partial charge >= 0.3 is 5.97 Å². The first-order chi connectivity index (χ1) is 12.9. The van der Waals surface area contributed by atoms with Crippen molar-refractivity contribution in [1.29, 1.82) is 0 Å². The zero-order valence-electron chi connectivity index (χ0n) is 15.0. The van der Waals surface area contributed by atoms with Crippen molar-refractivity contribution in [3.05, 3.63) is 80.9 Å². The Morgan fingerprint density at radius 2 is 1.96 bits per heavy atom. The van der Waals surface area contributed by atoms with Crippen LogP contribution in [-0.4, -0.2) is 15.9 Å². The van der Waals surface area contributed by atoms with Crippen LogP contribution in [0.2, 0.25) is 5.02 Å². The average molecular weight is 383 g/mol. The number of esters is 1. The Hall–Kier alpha value is -2.92. The number of aromatic nitrogens is 2. The number of hydrogen-bond acceptors (Lipinski definition) is 4. The summed E-state index contributed by atoms with van der Waals surface area (Å²) in [4.78, 5) is 30.8. The van der Waals surface area contributed by atoms with Crippen LogP contribution in [0.4, 0.5) is 0 Å². The molecule has 0 amide bonds. The zero-order valence-corrected chi connectivity index (χ0v) is 15.8. The largest absolute Gasteiger partial charge is 0.454 e. The number of aromatic amines is 1. The van der Waals surface area contributed by atoms with Gasteiger partial charge < -0.3 is 9.72 Å². The van der Waals surface area contributed by atoms with Gasteiger partial charge in [0.1, 0.15) is 12.4 Å². The van der Waals surface area contributed by atoms with Crippen molar-refractivity contribution in [2.24, 2.45) is 0 Å². The predicted octanol–water partition coefficient (Wildman–Crippen LogP) is 4.46. The highest BCUT2D eigenvalue weighted by atomic mass is 35.5. The first-order valence-corrected chi connectivity index (χ1v) is 8.93. The van der Waals surface area contributed by atoms with E-state index in [1.165, 1.54) is 11.6 Å². The first kappa shape index (κ1) is 18.9. The quantitative estimate of drug-likeness (QED) is 0.522. The molecule has 1 N–H and O–H groups in total. The van der Waals surface area contributed by atoms with E-state index in [4.69, 9.17) is 16.3 Å². The fourth-order valence-electron chi connectivity index (χ4n) is 2.57. The Morgan fingerprint density at radius 3 is 2.67 bits per heavy atom. The number of nitrogens with one attached hydrogen (secondary N) is 1. The first-order valence-electron chi connectivity index (χ1n) is 8.55. The molecule has 138 valence electrons. The highest BCUT2D eigenvalue weighted by molar-refractivity contribution is 6.31. The number of fused-ring (bicyclic) bond motifs is 1. The minimum atomic E-state index is -0.517. The standard InChI is InChI=1S/C21H19ClN2O3/c1-13(2)15-6-3-14(4-7-15)5-10-20(25)27-12-19-23-18-11-16(22)8-9-17(18)21(26)24-19/h3-11,13H,12H2,1-2H3,(H,23,24,26)/b10-5+. The van der Waals surface area contributed by atoms with E-state index in [0.29, 0.717) is 21.8 Å². The topological polar surface area (TPSA) is 72.0 Å². The maximum atomic E-state index is 12.0. The third-order valence-electron chi connectivity index (χ3n) is 4.08. The Bertz CT molecular complexity index is 1050. The Kier molecular flexibility index (Phi) is 5.72. The van der Waals surface area contributed by atoms with E-state index in [9.17, 15) is 9.59 Å². The van der Waals surface area contributed by atoms with E-state index in [1.54, 1.807) is 24.3 Å². The van der Waals surface area contributed by atoms with Gasteiger partial charge in [0.05, 0.1) is 10.9 Å². The van der Waals surface area contributed by atoms with Crippen LogP contribution in [0.15, 0.2) is 53.3 Å². The van der Waals surface area contributed by atoms with E-state index in [2.05, 4.69) is 23.8 Å². The van der Waals surface area contributed by atoms with Crippen LogP contribution in [-0.2, 0) is 16.1 Å². The molecule has 5 nitrogen and oxygen atoms in total. The number of nitrogens with zero attached hydrogens (tertiary/aromatic N) is 1. The van der Waals surface area contributed by atoms with E-state index in [1.807, 2.05) is 24.3 Å². The number of carbonyl (C=O) groups is 1. The van der Waals surface area contributed by atoms with Gasteiger partial charge in [0, 0.05) is 11.1 Å². The van der Waals surface area contributed by atoms with Crippen LogP contribution in [0.5, 0.6) is 0 Å². The predicted molar refractivity (Wildman–Crippen MR) is 107 cm³/mol. The lowest BCUT2D eigenvalue weighted by molar-refractivity contribution is -0.139. The lowest BCUT2D eigenvalue weighted by Gasteiger charge is -2.05. The minimum absolute atomic E-state index is 0.132. The maximum absolute atomic E-state index is 12.0. The summed E-state index contributed by atoms with van der Waals surface area (Å²) in [5.74, 6) is 0.203. The van der Waals surface area contributed by atoms with Crippen LogP contribution in [0.1, 0.15) is 36.7 Å².